The number of morpholine rings is 1. The number of nitrogens with zero attached hydrogens (tertiary/aromatic N) is 2. The molecule has 1 fully saturated rings. The number of pyridine rings is 1. The van der Waals surface area contributed by atoms with Gasteiger partial charge in [-0.25, -0.2) is 4.79 Å². The minimum atomic E-state index is -0.447. The van der Waals surface area contributed by atoms with Gasteiger partial charge in [0, 0.05) is 24.7 Å². The number of hydrogen-bond acceptors (Lipinski definition) is 6. The molecule has 1 aliphatic heterocycles. The minimum absolute atomic E-state index is 0.185. The van der Waals surface area contributed by atoms with E-state index in [1.165, 1.54) is 6.20 Å². The van der Waals surface area contributed by atoms with Crippen LogP contribution in [0.4, 0.5) is 11.4 Å². The molecule has 9 heteroatoms. The molecular formula is C23H21Cl2N3O4. The van der Waals surface area contributed by atoms with Crippen molar-refractivity contribution in [1.29, 1.82) is 0 Å². The number of benzene rings is 2. The number of nitrogens with one attached hydrogen (secondary N) is 1. The van der Waals surface area contributed by atoms with Crippen molar-refractivity contribution in [2.24, 2.45) is 0 Å². The standard InChI is InChI=1S/C23H21Cl2N3O4/c1-2-32-23(30)15-13-26-20-14(21(15)28-9-11-31-12-10-28)5-3-8-18(20)27-22(29)19-16(24)6-4-7-17(19)25/h3-8,13H,2,9-12H2,1H3,(H,27,29). The van der Waals surface area contributed by atoms with Crippen molar-refractivity contribution >= 4 is 57.4 Å². The summed E-state index contributed by atoms with van der Waals surface area (Å²) in [6.07, 6.45) is 1.49. The summed E-state index contributed by atoms with van der Waals surface area (Å²) in [7, 11) is 0. The normalized spacial score (nSPS) is 13.8. The van der Waals surface area contributed by atoms with Gasteiger partial charge in [-0.05, 0) is 25.1 Å². The summed E-state index contributed by atoms with van der Waals surface area (Å²) in [6, 6.07) is 10.3. The summed E-state index contributed by atoms with van der Waals surface area (Å²) < 4.78 is 10.7. The monoisotopic (exact) mass is 473 g/mol. The van der Waals surface area contributed by atoms with Crippen LogP contribution < -0.4 is 10.2 Å². The summed E-state index contributed by atoms with van der Waals surface area (Å²) in [5, 5.41) is 4.08. The molecule has 166 valence electrons. The molecule has 1 aromatic heterocycles. The zero-order valence-corrected chi connectivity index (χ0v) is 18.9. The van der Waals surface area contributed by atoms with E-state index in [1.54, 1.807) is 37.3 Å². The number of rotatable bonds is 5. The maximum atomic E-state index is 12.9. The van der Waals surface area contributed by atoms with Crippen molar-refractivity contribution in [2.45, 2.75) is 6.92 Å². The first-order valence-corrected chi connectivity index (χ1v) is 10.9. The number of amides is 1. The average Bonchev–Trinajstić information content (AvgIpc) is 2.79. The Balaban J connectivity index is 1.80. The van der Waals surface area contributed by atoms with E-state index in [0.717, 1.165) is 5.39 Å². The van der Waals surface area contributed by atoms with Crippen LogP contribution >= 0.6 is 23.2 Å². The topological polar surface area (TPSA) is 80.8 Å². The zero-order valence-electron chi connectivity index (χ0n) is 17.4. The van der Waals surface area contributed by atoms with Gasteiger partial charge in [-0.1, -0.05) is 41.4 Å². The molecule has 1 saturated heterocycles. The van der Waals surface area contributed by atoms with Crippen molar-refractivity contribution in [3.8, 4) is 0 Å². The van der Waals surface area contributed by atoms with E-state index < -0.39 is 11.9 Å². The largest absolute Gasteiger partial charge is 0.462 e. The molecule has 32 heavy (non-hydrogen) atoms. The predicted octanol–water partition coefficient (Wildman–Crippen LogP) is 4.81. The molecule has 1 amide bonds. The lowest BCUT2D eigenvalue weighted by Crippen LogP contribution is -2.37. The Labute approximate surface area is 195 Å². The molecule has 0 saturated carbocycles. The highest BCUT2D eigenvalue weighted by molar-refractivity contribution is 6.40. The lowest BCUT2D eigenvalue weighted by molar-refractivity contribution is 0.0525. The second-order valence-corrected chi connectivity index (χ2v) is 7.91. The SMILES string of the molecule is CCOC(=O)c1cnc2c(NC(=O)c3c(Cl)cccc3Cl)cccc2c1N1CCOCC1. The first kappa shape index (κ1) is 22.3. The second-order valence-electron chi connectivity index (χ2n) is 7.09. The molecule has 0 unspecified atom stereocenters. The fourth-order valence-corrected chi connectivity index (χ4v) is 4.26. The first-order chi connectivity index (χ1) is 15.5. The molecular weight excluding hydrogens is 453 g/mol. The maximum Gasteiger partial charge on any atom is 0.341 e. The van der Waals surface area contributed by atoms with Gasteiger partial charge in [0.15, 0.2) is 0 Å². The number of para-hydroxylation sites is 1. The molecule has 0 radical (unpaired) electrons. The van der Waals surface area contributed by atoms with Gasteiger partial charge in [-0.2, -0.15) is 0 Å². The number of carbonyl (C=O) groups excluding carboxylic acids is 2. The van der Waals surface area contributed by atoms with Gasteiger partial charge in [-0.3, -0.25) is 9.78 Å². The third-order valence-electron chi connectivity index (χ3n) is 5.13. The number of anilines is 2. The molecule has 1 N–H and O–H groups in total. The summed E-state index contributed by atoms with van der Waals surface area (Å²) in [4.78, 5) is 32.2. The number of ether oxygens (including phenoxy) is 2. The van der Waals surface area contributed by atoms with E-state index in [9.17, 15) is 9.59 Å². The number of aromatic nitrogens is 1. The van der Waals surface area contributed by atoms with Gasteiger partial charge < -0.3 is 19.7 Å². The van der Waals surface area contributed by atoms with Crippen LogP contribution in [-0.2, 0) is 9.47 Å². The van der Waals surface area contributed by atoms with Crippen LogP contribution in [0.2, 0.25) is 10.0 Å². The molecule has 3 aromatic rings. The number of esters is 1. The molecule has 0 atom stereocenters. The molecule has 4 rings (SSSR count). The van der Waals surface area contributed by atoms with E-state index in [1.807, 2.05) is 6.07 Å². The van der Waals surface area contributed by atoms with Crippen LogP contribution in [0.3, 0.4) is 0 Å². The highest BCUT2D eigenvalue weighted by atomic mass is 35.5. The lowest BCUT2D eigenvalue weighted by Gasteiger charge is -2.31. The van der Waals surface area contributed by atoms with Gasteiger partial charge in [0.05, 0.1) is 52.3 Å². The molecule has 2 heterocycles. The number of hydrogen-bond donors (Lipinski definition) is 1. The summed E-state index contributed by atoms with van der Waals surface area (Å²) in [5.74, 6) is -0.891. The summed E-state index contributed by atoms with van der Waals surface area (Å²) >= 11 is 12.4. The lowest BCUT2D eigenvalue weighted by atomic mass is 10.1. The average molecular weight is 474 g/mol. The van der Waals surface area contributed by atoms with E-state index in [-0.39, 0.29) is 22.2 Å². The maximum absolute atomic E-state index is 12.9. The summed E-state index contributed by atoms with van der Waals surface area (Å²) in [6.45, 7) is 4.36. The third-order valence-corrected chi connectivity index (χ3v) is 5.76. The van der Waals surface area contributed by atoms with E-state index in [2.05, 4.69) is 15.2 Å². The van der Waals surface area contributed by atoms with Gasteiger partial charge in [0.25, 0.3) is 5.91 Å². The van der Waals surface area contributed by atoms with Crippen molar-refractivity contribution in [3.05, 3.63) is 63.8 Å². The Bertz CT molecular complexity index is 1160. The van der Waals surface area contributed by atoms with Crippen LogP contribution in [0.1, 0.15) is 27.6 Å². The Kier molecular flexibility index (Phi) is 6.79. The van der Waals surface area contributed by atoms with Crippen molar-refractivity contribution in [3.63, 3.8) is 0 Å². The van der Waals surface area contributed by atoms with Crippen molar-refractivity contribution in [1.82, 2.24) is 4.98 Å². The highest BCUT2D eigenvalue weighted by Crippen LogP contribution is 2.35. The van der Waals surface area contributed by atoms with E-state index in [4.69, 9.17) is 32.7 Å². The van der Waals surface area contributed by atoms with Gasteiger partial charge in [0.1, 0.15) is 5.56 Å². The van der Waals surface area contributed by atoms with Crippen molar-refractivity contribution in [2.75, 3.05) is 43.1 Å². The first-order valence-electron chi connectivity index (χ1n) is 10.2. The fraction of sp³-hybridized carbons (Fsp3) is 0.261. The van der Waals surface area contributed by atoms with Crippen LogP contribution in [0.15, 0.2) is 42.6 Å². The Morgan fingerprint density at radius 3 is 2.50 bits per heavy atom. The molecule has 0 bridgehead atoms. The second kappa shape index (κ2) is 9.73. The smallest absolute Gasteiger partial charge is 0.341 e. The number of halogens is 2. The van der Waals surface area contributed by atoms with E-state index in [0.29, 0.717) is 48.8 Å². The quantitative estimate of drug-likeness (QED) is 0.535. The Morgan fingerprint density at radius 1 is 1.12 bits per heavy atom. The molecule has 0 spiro atoms. The predicted molar refractivity (Wildman–Crippen MR) is 125 cm³/mol. The number of fused-ring (bicyclic) bond motifs is 1. The van der Waals surface area contributed by atoms with E-state index >= 15 is 0 Å². The fourth-order valence-electron chi connectivity index (χ4n) is 3.70. The van der Waals surface area contributed by atoms with Gasteiger partial charge >= 0.3 is 5.97 Å². The Hall–Kier alpha value is -2.87. The zero-order chi connectivity index (χ0) is 22.7. The van der Waals surface area contributed by atoms with Crippen LogP contribution in [0.5, 0.6) is 0 Å². The molecule has 1 aliphatic rings. The van der Waals surface area contributed by atoms with Crippen LogP contribution in [-0.4, -0.2) is 49.8 Å². The molecule has 2 aromatic carbocycles. The molecule has 0 aliphatic carbocycles. The molecule has 7 nitrogen and oxygen atoms in total. The van der Waals surface area contributed by atoms with Gasteiger partial charge in [0.2, 0.25) is 0 Å². The summed E-state index contributed by atoms with van der Waals surface area (Å²) in [5.41, 5.74) is 2.29. The Morgan fingerprint density at radius 2 is 1.81 bits per heavy atom. The van der Waals surface area contributed by atoms with Gasteiger partial charge in [-0.15, -0.1) is 0 Å². The third kappa shape index (κ3) is 4.37. The number of carbonyl (C=O) groups is 2. The minimum Gasteiger partial charge on any atom is -0.462 e. The van der Waals surface area contributed by atoms with Crippen LogP contribution in [0.25, 0.3) is 10.9 Å². The van der Waals surface area contributed by atoms with Crippen LogP contribution in [0, 0.1) is 0 Å². The van der Waals surface area contributed by atoms with Crippen molar-refractivity contribution < 1.29 is 19.1 Å². The highest BCUT2D eigenvalue weighted by Gasteiger charge is 2.24.